The number of hydrogen-bond donors (Lipinski definition) is 0. The molecule has 29 heavy (non-hydrogen) atoms. The van der Waals surface area contributed by atoms with Crippen LogP contribution in [0.15, 0.2) is 48.5 Å². The molecule has 0 aliphatic heterocycles. The highest BCUT2D eigenvalue weighted by molar-refractivity contribution is 5.92. The Labute approximate surface area is 172 Å². The van der Waals surface area contributed by atoms with Crippen LogP contribution in [0.3, 0.4) is 0 Å². The van der Waals surface area contributed by atoms with Crippen LogP contribution in [0.4, 0.5) is 0 Å². The fourth-order valence-corrected chi connectivity index (χ4v) is 2.69. The standard InChI is InChI=1S/C23H29NO5/c1-16(2)15-28-20-12-11-19(13-21(20)27-5)23(26)29-17(3)22(25)24(4)14-18-9-7-6-8-10-18/h6-13,16-17H,14-15H2,1-5H3/t17-/m1/s1. The summed E-state index contributed by atoms with van der Waals surface area (Å²) in [6, 6.07) is 14.5. The molecule has 1 amide bonds. The molecule has 2 rings (SSSR count). The van der Waals surface area contributed by atoms with Crippen molar-refractivity contribution in [2.24, 2.45) is 5.92 Å². The van der Waals surface area contributed by atoms with Gasteiger partial charge in [0.1, 0.15) is 0 Å². The number of benzene rings is 2. The summed E-state index contributed by atoms with van der Waals surface area (Å²) in [5.74, 6) is 0.507. The van der Waals surface area contributed by atoms with Crippen LogP contribution in [0.2, 0.25) is 0 Å². The largest absolute Gasteiger partial charge is 0.493 e. The van der Waals surface area contributed by atoms with Crippen molar-refractivity contribution in [3.05, 3.63) is 59.7 Å². The number of nitrogens with zero attached hydrogens (tertiary/aromatic N) is 1. The Morgan fingerprint density at radius 3 is 2.31 bits per heavy atom. The summed E-state index contributed by atoms with van der Waals surface area (Å²) in [4.78, 5) is 26.6. The zero-order chi connectivity index (χ0) is 21.4. The normalized spacial score (nSPS) is 11.7. The minimum atomic E-state index is -0.904. The molecule has 0 spiro atoms. The predicted molar refractivity (Wildman–Crippen MR) is 111 cm³/mol. The van der Waals surface area contributed by atoms with E-state index in [1.165, 1.54) is 12.0 Å². The predicted octanol–water partition coefficient (Wildman–Crippen LogP) is 3.93. The van der Waals surface area contributed by atoms with Crippen LogP contribution in [0.5, 0.6) is 11.5 Å². The van der Waals surface area contributed by atoms with Crippen LogP contribution < -0.4 is 9.47 Å². The Hall–Kier alpha value is -3.02. The average molecular weight is 399 g/mol. The molecule has 0 heterocycles. The van der Waals surface area contributed by atoms with E-state index in [0.29, 0.717) is 36.1 Å². The first-order valence-electron chi connectivity index (χ1n) is 9.62. The number of methoxy groups -OCH3 is 1. The Bertz CT molecular complexity index is 819. The molecule has 0 bridgehead atoms. The van der Waals surface area contributed by atoms with Crippen molar-refractivity contribution in [3.8, 4) is 11.5 Å². The van der Waals surface area contributed by atoms with Gasteiger partial charge in [0.25, 0.3) is 5.91 Å². The lowest BCUT2D eigenvalue weighted by Crippen LogP contribution is -2.37. The monoisotopic (exact) mass is 399 g/mol. The summed E-state index contributed by atoms with van der Waals surface area (Å²) in [6.07, 6.45) is -0.904. The van der Waals surface area contributed by atoms with Gasteiger partial charge in [0.15, 0.2) is 17.6 Å². The van der Waals surface area contributed by atoms with E-state index in [9.17, 15) is 9.59 Å². The second kappa shape index (κ2) is 10.5. The number of carbonyl (C=O) groups is 2. The fraction of sp³-hybridized carbons (Fsp3) is 0.391. The van der Waals surface area contributed by atoms with E-state index < -0.39 is 12.1 Å². The third kappa shape index (κ3) is 6.52. The van der Waals surface area contributed by atoms with Crippen LogP contribution in [-0.2, 0) is 16.1 Å². The van der Waals surface area contributed by atoms with Gasteiger partial charge in [0.05, 0.1) is 19.3 Å². The van der Waals surface area contributed by atoms with Gasteiger partial charge in [-0.1, -0.05) is 44.2 Å². The summed E-state index contributed by atoms with van der Waals surface area (Å²) < 4.78 is 16.4. The molecule has 0 aromatic heterocycles. The molecular formula is C23H29NO5. The molecule has 6 nitrogen and oxygen atoms in total. The first kappa shape index (κ1) is 22.3. The number of esters is 1. The van der Waals surface area contributed by atoms with Crippen LogP contribution >= 0.6 is 0 Å². The lowest BCUT2D eigenvalue weighted by Gasteiger charge is -2.21. The molecule has 0 aliphatic rings. The molecule has 6 heteroatoms. The molecule has 2 aromatic rings. The fourth-order valence-electron chi connectivity index (χ4n) is 2.69. The Morgan fingerprint density at radius 1 is 1.00 bits per heavy atom. The maximum atomic E-state index is 12.5. The Kier molecular flexibility index (Phi) is 8.07. The van der Waals surface area contributed by atoms with Gasteiger partial charge < -0.3 is 19.1 Å². The second-order valence-electron chi connectivity index (χ2n) is 7.30. The quantitative estimate of drug-likeness (QED) is 0.598. The van der Waals surface area contributed by atoms with E-state index >= 15 is 0 Å². The van der Waals surface area contributed by atoms with E-state index in [1.54, 1.807) is 32.2 Å². The maximum absolute atomic E-state index is 12.5. The van der Waals surface area contributed by atoms with Crippen LogP contribution in [0.1, 0.15) is 36.7 Å². The van der Waals surface area contributed by atoms with Gasteiger partial charge in [-0.25, -0.2) is 4.79 Å². The average Bonchev–Trinajstić information content (AvgIpc) is 2.71. The highest BCUT2D eigenvalue weighted by Crippen LogP contribution is 2.29. The van der Waals surface area contributed by atoms with Gasteiger partial charge in [-0.05, 0) is 36.6 Å². The number of amides is 1. The van der Waals surface area contributed by atoms with Crippen LogP contribution in [-0.4, -0.2) is 43.6 Å². The summed E-state index contributed by atoms with van der Waals surface area (Å²) in [5.41, 5.74) is 1.30. The van der Waals surface area contributed by atoms with Crippen molar-refractivity contribution in [2.45, 2.75) is 33.4 Å². The van der Waals surface area contributed by atoms with Crippen molar-refractivity contribution in [1.82, 2.24) is 4.90 Å². The highest BCUT2D eigenvalue weighted by Gasteiger charge is 2.23. The number of likely N-dealkylation sites (N-methyl/N-ethyl adjacent to an activating group) is 1. The molecular weight excluding hydrogens is 370 g/mol. The lowest BCUT2D eigenvalue weighted by atomic mass is 10.2. The summed E-state index contributed by atoms with van der Waals surface area (Å²) in [7, 11) is 3.20. The van der Waals surface area contributed by atoms with Gasteiger partial charge in [0, 0.05) is 13.6 Å². The van der Waals surface area contributed by atoms with Crippen LogP contribution in [0.25, 0.3) is 0 Å². The topological polar surface area (TPSA) is 65.1 Å². The maximum Gasteiger partial charge on any atom is 0.339 e. The first-order chi connectivity index (χ1) is 13.8. The molecule has 0 radical (unpaired) electrons. The lowest BCUT2D eigenvalue weighted by molar-refractivity contribution is -0.139. The summed E-state index contributed by atoms with van der Waals surface area (Å²) in [5, 5.41) is 0. The molecule has 1 atom stereocenters. The van der Waals surface area contributed by atoms with E-state index in [2.05, 4.69) is 0 Å². The molecule has 0 saturated heterocycles. The second-order valence-corrected chi connectivity index (χ2v) is 7.30. The first-order valence-corrected chi connectivity index (χ1v) is 9.62. The molecule has 156 valence electrons. The van der Waals surface area contributed by atoms with Crippen molar-refractivity contribution >= 4 is 11.9 Å². The van der Waals surface area contributed by atoms with Crippen molar-refractivity contribution in [3.63, 3.8) is 0 Å². The summed E-state index contributed by atoms with van der Waals surface area (Å²) >= 11 is 0. The SMILES string of the molecule is COc1cc(C(=O)O[C@H](C)C(=O)N(C)Cc2ccccc2)ccc1OCC(C)C. The molecule has 0 fully saturated rings. The Balaban J connectivity index is 2.00. The minimum absolute atomic E-state index is 0.272. The van der Waals surface area contributed by atoms with E-state index in [1.807, 2.05) is 44.2 Å². The summed E-state index contributed by atoms with van der Waals surface area (Å²) in [6.45, 7) is 6.65. The minimum Gasteiger partial charge on any atom is -0.493 e. The van der Waals surface area contributed by atoms with Crippen molar-refractivity contribution < 1.29 is 23.8 Å². The van der Waals surface area contributed by atoms with Gasteiger partial charge in [0.2, 0.25) is 0 Å². The molecule has 2 aromatic carbocycles. The molecule has 0 saturated carbocycles. The highest BCUT2D eigenvalue weighted by atomic mass is 16.5. The third-order valence-corrected chi connectivity index (χ3v) is 4.24. The number of carbonyl (C=O) groups excluding carboxylic acids is 2. The van der Waals surface area contributed by atoms with E-state index in [-0.39, 0.29) is 5.91 Å². The zero-order valence-electron chi connectivity index (χ0n) is 17.7. The van der Waals surface area contributed by atoms with Gasteiger partial charge >= 0.3 is 5.97 Å². The Morgan fingerprint density at radius 2 is 1.69 bits per heavy atom. The smallest absolute Gasteiger partial charge is 0.339 e. The van der Waals surface area contributed by atoms with Crippen LogP contribution in [0, 0.1) is 5.92 Å². The molecule has 0 N–H and O–H groups in total. The van der Waals surface area contributed by atoms with Gasteiger partial charge in [-0.3, -0.25) is 4.79 Å². The van der Waals surface area contributed by atoms with Crippen molar-refractivity contribution in [1.29, 1.82) is 0 Å². The van der Waals surface area contributed by atoms with Crippen molar-refractivity contribution in [2.75, 3.05) is 20.8 Å². The van der Waals surface area contributed by atoms with E-state index in [4.69, 9.17) is 14.2 Å². The van der Waals surface area contributed by atoms with E-state index in [0.717, 1.165) is 5.56 Å². The molecule has 0 aliphatic carbocycles. The number of rotatable bonds is 9. The molecule has 0 unspecified atom stereocenters. The number of ether oxygens (including phenoxy) is 3. The van der Waals surface area contributed by atoms with Gasteiger partial charge in [-0.2, -0.15) is 0 Å². The zero-order valence-corrected chi connectivity index (χ0v) is 17.7. The number of hydrogen-bond acceptors (Lipinski definition) is 5. The third-order valence-electron chi connectivity index (χ3n) is 4.24. The van der Waals surface area contributed by atoms with Gasteiger partial charge in [-0.15, -0.1) is 0 Å².